The largest absolute Gasteiger partial charge is 0.382 e. The average molecular weight is 357 g/mol. The van der Waals surface area contributed by atoms with E-state index in [1.165, 1.54) is 12.4 Å². The molecule has 3 N–H and O–H groups in total. The smallest absolute Gasteiger partial charge is 0.170 e. The number of anilines is 2. The Morgan fingerprint density at radius 2 is 1.84 bits per heavy atom. The summed E-state index contributed by atoms with van der Waals surface area (Å²) in [6.07, 6.45) is 1.29. The monoisotopic (exact) mass is 356 g/mol. The molecule has 3 rings (SSSR count). The van der Waals surface area contributed by atoms with Crippen LogP contribution in [-0.2, 0) is 6.54 Å². The average Bonchev–Trinajstić information content (AvgIpc) is 2.61. The van der Waals surface area contributed by atoms with E-state index < -0.39 is 5.82 Å². The number of nitrogens with one attached hydrogen (secondary N) is 1. The number of halogens is 2. The number of benzene rings is 2. The zero-order valence-electron chi connectivity index (χ0n) is 13.0. The van der Waals surface area contributed by atoms with Crippen molar-refractivity contribution in [3.63, 3.8) is 0 Å². The maximum absolute atomic E-state index is 13.9. The van der Waals surface area contributed by atoms with Crippen molar-refractivity contribution in [1.29, 1.82) is 0 Å². The number of nitrogens with zero attached hydrogens (tertiary/aromatic N) is 4. The topological polar surface area (TPSA) is 88.5 Å². The van der Waals surface area contributed by atoms with Gasteiger partial charge in [-0.1, -0.05) is 35.9 Å². The molecule has 0 unspecified atom stereocenters. The van der Waals surface area contributed by atoms with Gasteiger partial charge in [-0.15, -0.1) is 5.11 Å². The highest BCUT2D eigenvalue weighted by atomic mass is 35.5. The minimum atomic E-state index is -0.408. The Bertz CT molecular complexity index is 881. The van der Waals surface area contributed by atoms with Crippen molar-refractivity contribution in [1.82, 2.24) is 9.97 Å². The summed E-state index contributed by atoms with van der Waals surface area (Å²) in [5.74, 6) is 0.0952. The Labute approximate surface area is 148 Å². The van der Waals surface area contributed by atoms with Crippen molar-refractivity contribution in [2.45, 2.75) is 6.54 Å². The standard InChI is InChI=1S/C17H14ClFN6/c18-13-7-4-8-14(19)12(13)9-21-17-15(16(20)22-10-23-17)25-24-11-5-2-1-3-6-11/h1-8,10H,9H2,(H3,20,21,22,23)/b25-24+. The maximum atomic E-state index is 13.9. The molecule has 0 aliphatic rings. The highest BCUT2D eigenvalue weighted by molar-refractivity contribution is 6.31. The lowest BCUT2D eigenvalue weighted by molar-refractivity contribution is 0.613. The first kappa shape index (κ1) is 16.8. The van der Waals surface area contributed by atoms with Crippen LogP contribution >= 0.6 is 11.6 Å². The van der Waals surface area contributed by atoms with Crippen molar-refractivity contribution >= 4 is 34.6 Å². The molecule has 0 saturated carbocycles. The molecule has 0 spiro atoms. The summed E-state index contributed by atoms with van der Waals surface area (Å²) in [7, 11) is 0. The molecular weight excluding hydrogens is 343 g/mol. The van der Waals surface area contributed by atoms with Gasteiger partial charge in [0.05, 0.1) is 5.69 Å². The van der Waals surface area contributed by atoms with Crippen LogP contribution in [0.25, 0.3) is 0 Å². The molecule has 0 radical (unpaired) electrons. The third-order valence-corrected chi connectivity index (χ3v) is 3.72. The number of nitrogen functional groups attached to an aromatic ring is 1. The van der Waals surface area contributed by atoms with Crippen molar-refractivity contribution in [3.8, 4) is 0 Å². The Balaban J connectivity index is 1.85. The van der Waals surface area contributed by atoms with Crippen LogP contribution in [0, 0.1) is 5.82 Å². The van der Waals surface area contributed by atoms with E-state index in [-0.39, 0.29) is 18.1 Å². The third-order valence-electron chi connectivity index (χ3n) is 3.37. The van der Waals surface area contributed by atoms with Crippen LogP contribution in [0.3, 0.4) is 0 Å². The Kier molecular flexibility index (Phi) is 5.15. The van der Waals surface area contributed by atoms with Crippen molar-refractivity contribution in [2.75, 3.05) is 11.1 Å². The summed E-state index contributed by atoms with van der Waals surface area (Å²) >= 11 is 6.03. The summed E-state index contributed by atoms with van der Waals surface area (Å²) in [4.78, 5) is 8.02. The molecule has 3 aromatic rings. The van der Waals surface area contributed by atoms with E-state index in [1.807, 2.05) is 18.2 Å². The molecule has 2 aromatic carbocycles. The summed E-state index contributed by atoms with van der Waals surface area (Å²) in [5.41, 5.74) is 7.13. The molecular formula is C17H14ClFN6. The molecule has 25 heavy (non-hydrogen) atoms. The molecule has 0 fully saturated rings. The molecule has 0 atom stereocenters. The number of hydrogen-bond acceptors (Lipinski definition) is 6. The van der Waals surface area contributed by atoms with Crippen LogP contribution in [0.15, 0.2) is 65.1 Å². The van der Waals surface area contributed by atoms with Gasteiger partial charge >= 0.3 is 0 Å². The fraction of sp³-hybridized carbons (Fsp3) is 0.0588. The Morgan fingerprint density at radius 1 is 1.04 bits per heavy atom. The van der Waals surface area contributed by atoms with E-state index in [0.29, 0.717) is 22.1 Å². The second-order valence-corrected chi connectivity index (χ2v) is 5.45. The van der Waals surface area contributed by atoms with Gasteiger partial charge in [0.1, 0.15) is 12.1 Å². The van der Waals surface area contributed by atoms with Gasteiger partial charge in [0.2, 0.25) is 0 Å². The van der Waals surface area contributed by atoms with E-state index in [4.69, 9.17) is 17.3 Å². The number of aromatic nitrogens is 2. The zero-order valence-corrected chi connectivity index (χ0v) is 13.8. The van der Waals surface area contributed by atoms with Crippen LogP contribution in [-0.4, -0.2) is 9.97 Å². The van der Waals surface area contributed by atoms with Crippen molar-refractivity contribution in [3.05, 3.63) is 71.3 Å². The van der Waals surface area contributed by atoms with Gasteiger partial charge in [-0.2, -0.15) is 5.11 Å². The van der Waals surface area contributed by atoms with Gasteiger partial charge in [-0.25, -0.2) is 14.4 Å². The molecule has 0 amide bonds. The molecule has 1 heterocycles. The van der Waals surface area contributed by atoms with E-state index in [9.17, 15) is 4.39 Å². The van der Waals surface area contributed by atoms with Crippen LogP contribution in [0.2, 0.25) is 5.02 Å². The quantitative estimate of drug-likeness (QED) is 0.638. The number of hydrogen-bond donors (Lipinski definition) is 2. The molecule has 0 aliphatic heterocycles. The highest BCUT2D eigenvalue weighted by Crippen LogP contribution is 2.30. The van der Waals surface area contributed by atoms with E-state index in [2.05, 4.69) is 25.5 Å². The minimum Gasteiger partial charge on any atom is -0.382 e. The van der Waals surface area contributed by atoms with Gasteiger partial charge in [0.15, 0.2) is 17.3 Å². The lowest BCUT2D eigenvalue weighted by Crippen LogP contribution is -2.06. The maximum Gasteiger partial charge on any atom is 0.170 e. The van der Waals surface area contributed by atoms with E-state index >= 15 is 0 Å². The fourth-order valence-corrected chi connectivity index (χ4v) is 2.33. The molecule has 0 bridgehead atoms. The summed E-state index contributed by atoms with van der Waals surface area (Å²) in [6, 6.07) is 13.7. The zero-order chi connectivity index (χ0) is 17.6. The van der Waals surface area contributed by atoms with Crippen LogP contribution < -0.4 is 11.1 Å². The number of azo groups is 1. The van der Waals surface area contributed by atoms with Gasteiger partial charge in [-0.05, 0) is 24.3 Å². The molecule has 8 heteroatoms. The predicted molar refractivity (Wildman–Crippen MR) is 95.8 cm³/mol. The van der Waals surface area contributed by atoms with E-state index in [0.717, 1.165) is 0 Å². The van der Waals surface area contributed by atoms with Crippen molar-refractivity contribution in [2.24, 2.45) is 10.2 Å². The first-order chi connectivity index (χ1) is 12.1. The Morgan fingerprint density at radius 3 is 2.60 bits per heavy atom. The second kappa shape index (κ2) is 7.67. The van der Waals surface area contributed by atoms with Crippen LogP contribution in [0.4, 0.5) is 27.4 Å². The van der Waals surface area contributed by atoms with Gasteiger partial charge in [0, 0.05) is 17.1 Å². The normalized spacial score (nSPS) is 11.0. The first-order valence-electron chi connectivity index (χ1n) is 7.39. The summed E-state index contributed by atoms with van der Waals surface area (Å²) in [6.45, 7) is 0.121. The van der Waals surface area contributed by atoms with Gasteiger partial charge in [0.25, 0.3) is 0 Å². The minimum absolute atomic E-state index is 0.121. The predicted octanol–water partition coefficient (Wildman–Crippen LogP) is 4.88. The van der Waals surface area contributed by atoms with Crippen LogP contribution in [0.5, 0.6) is 0 Å². The molecule has 6 nitrogen and oxygen atoms in total. The number of nitrogens with two attached hydrogens (primary N) is 1. The van der Waals surface area contributed by atoms with Gasteiger partial charge in [-0.3, -0.25) is 0 Å². The molecule has 0 saturated heterocycles. The van der Waals surface area contributed by atoms with Crippen molar-refractivity contribution < 1.29 is 4.39 Å². The highest BCUT2D eigenvalue weighted by Gasteiger charge is 2.11. The molecule has 126 valence electrons. The second-order valence-electron chi connectivity index (χ2n) is 5.05. The molecule has 1 aromatic heterocycles. The fourth-order valence-electron chi connectivity index (χ4n) is 2.10. The van der Waals surface area contributed by atoms with Crippen LogP contribution in [0.1, 0.15) is 5.56 Å². The third kappa shape index (κ3) is 4.07. The SMILES string of the molecule is Nc1ncnc(NCc2c(F)cccc2Cl)c1/N=N/c1ccccc1. The molecule has 0 aliphatic carbocycles. The van der Waals surface area contributed by atoms with E-state index in [1.54, 1.807) is 24.3 Å². The van der Waals surface area contributed by atoms with Gasteiger partial charge < -0.3 is 11.1 Å². The summed E-state index contributed by atoms with van der Waals surface area (Å²) < 4.78 is 13.9. The lowest BCUT2D eigenvalue weighted by atomic mass is 10.2. The Hall–Kier alpha value is -3.06. The first-order valence-corrected chi connectivity index (χ1v) is 7.77. The number of rotatable bonds is 5. The summed E-state index contributed by atoms with van der Waals surface area (Å²) in [5, 5.41) is 11.5. The lowest BCUT2D eigenvalue weighted by Gasteiger charge is -2.10.